The highest BCUT2D eigenvalue weighted by atomic mass is 16.3. The van der Waals surface area contributed by atoms with E-state index in [1.54, 1.807) is 0 Å². The van der Waals surface area contributed by atoms with Gasteiger partial charge in [0.1, 0.15) is 33.5 Å². The Labute approximate surface area is 847 Å². The molecule has 0 unspecified atom stereocenters. The zero-order valence-corrected chi connectivity index (χ0v) is 80.0. The minimum absolute atomic E-state index is 0.908. The van der Waals surface area contributed by atoms with E-state index in [4.69, 9.17) is 13.3 Å². The summed E-state index contributed by atoms with van der Waals surface area (Å²) in [5.74, 6) is 0. The van der Waals surface area contributed by atoms with Crippen LogP contribution in [0.2, 0.25) is 0 Å². The summed E-state index contributed by atoms with van der Waals surface area (Å²) in [4.78, 5) is 0. The molecule has 0 radical (unpaired) electrons. The second kappa shape index (κ2) is 34.8. The lowest BCUT2D eigenvalue weighted by Crippen LogP contribution is -1.92. The lowest BCUT2D eigenvalue weighted by molar-refractivity contribution is 0.668. The van der Waals surface area contributed by atoms with Crippen LogP contribution in [0.5, 0.6) is 0 Å². The first-order valence-corrected chi connectivity index (χ1v) is 50.6. The number of rotatable bonds is 10. The van der Waals surface area contributed by atoms with Crippen molar-refractivity contribution in [2.75, 3.05) is 0 Å². The van der Waals surface area contributed by atoms with Gasteiger partial charge in [0.15, 0.2) is 0 Å². The maximum atomic E-state index is 6.24. The normalized spacial score (nSPS) is 11.8. The summed E-state index contributed by atoms with van der Waals surface area (Å²) in [6.07, 6.45) is 0. The van der Waals surface area contributed by atoms with Crippen molar-refractivity contribution >= 4 is 195 Å². The number of benzene rings is 28. The highest BCUT2D eigenvalue weighted by molar-refractivity contribution is 6.28. The predicted octanol–water partition coefficient (Wildman–Crippen LogP) is 41.3. The Balaban J connectivity index is 0.000000105. The van der Waals surface area contributed by atoms with Crippen LogP contribution in [0.1, 0.15) is 0 Å². The van der Waals surface area contributed by atoms with Crippen molar-refractivity contribution in [2.45, 2.75) is 0 Å². The topological polar surface area (TPSA) is 39.4 Å². The average molecular weight is 1870 g/mol. The molecule has 0 aliphatic carbocycles. The molecule has 3 heterocycles. The number of hydrogen-bond donors (Lipinski definition) is 0. The molecular formula is C144H88O3. The van der Waals surface area contributed by atoms with Gasteiger partial charge in [-0.25, -0.2) is 0 Å². The minimum atomic E-state index is 0.908. The van der Waals surface area contributed by atoms with Gasteiger partial charge in [-0.2, -0.15) is 0 Å². The summed E-state index contributed by atoms with van der Waals surface area (Å²) in [7, 11) is 0. The van der Waals surface area contributed by atoms with Crippen molar-refractivity contribution in [3.8, 4) is 111 Å². The fourth-order valence-electron chi connectivity index (χ4n) is 24.1. The van der Waals surface area contributed by atoms with E-state index < -0.39 is 0 Å². The van der Waals surface area contributed by atoms with Crippen molar-refractivity contribution in [3.63, 3.8) is 0 Å². The monoisotopic (exact) mass is 1860 g/mol. The van der Waals surface area contributed by atoms with Gasteiger partial charge in [0.2, 0.25) is 0 Å². The first-order valence-electron chi connectivity index (χ1n) is 50.6. The summed E-state index contributed by atoms with van der Waals surface area (Å²) >= 11 is 0. The van der Waals surface area contributed by atoms with Crippen molar-refractivity contribution in [1.29, 1.82) is 0 Å². The molecule has 0 aliphatic rings. The van der Waals surface area contributed by atoms with Crippen molar-refractivity contribution in [1.82, 2.24) is 0 Å². The predicted molar refractivity (Wildman–Crippen MR) is 626 cm³/mol. The van der Waals surface area contributed by atoms with Crippen LogP contribution in [0.3, 0.4) is 0 Å². The molecule has 147 heavy (non-hydrogen) atoms. The molecule has 0 amide bonds. The third-order valence-corrected chi connectivity index (χ3v) is 30.6. The van der Waals surface area contributed by atoms with Crippen molar-refractivity contribution in [3.05, 3.63) is 534 Å². The van der Waals surface area contributed by atoms with Crippen molar-refractivity contribution < 1.29 is 13.3 Å². The molecule has 0 N–H and O–H groups in total. The second-order valence-electron chi connectivity index (χ2n) is 38.9. The van der Waals surface area contributed by atoms with Gasteiger partial charge in [-0.05, 0) is 350 Å². The van der Waals surface area contributed by atoms with Crippen LogP contribution in [0.4, 0.5) is 0 Å². The largest absolute Gasteiger partial charge is 0.456 e. The van der Waals surface area contributed by atoms with Crippen LogP contribution >= 0.6 is 0 Å². The SMILES string of the molecule is c1cc(-c2c3ccccc3c(-c3cc(-c4ccc5oc6ccccc6c5c4)c4ccccc4c3)c3ccccc23)cc(-c2cc3ccccc3c3ccccc23)c1.c1ccc(-c2c3ccccc3c(-c3cc(-c4ccc5oc6ccccc6c5c4)c4ccccc4c3)c3ccccc23)cc1.c1ccc2cc(-c3c4ccccc4c(-c4cc(-c5ccc6oc7ccccc7c6c5)c5ccccc5c4)c4ccccc34)ccc2c1. The standard InChI is InChI=1S/C56H34O.C46H28O.C42H26O/c1-4-19-42-35(14-1)31-40(34-50(42)38-28-29-54-52(33-38)45-22-11-12-27-53(45)57-54)56-48-25-9-7-23-46(48)55(47-24-8-10-26-49(47)56)39-17-13-16-36(30-39)51-32-37-15-2-3-18-41(37)43-20-5-6-21-44(43)51;1-2-12-30-25-33(22-21-29(30)11-1)45-37-16-5-7-18-39(37)46(40-19-8-6-17-38(40)45)34-26-31-13-3-4-14-35(31)41(28-34)32-23-24-44-42(27-32)36-15-9-10-20-43(36)47-44;1-2-12-27(13-3-1)41-33-17-6-8-19-35(33)42(36-20-9-7-18-34(36)41)30-24-28-14-4-5-15-31(28)37(26-30)29-22-23-40-38(25-29)32-16-10-11-21-39(32)43-40/h1-34H;1-28H;1-26H. The Kier molecular flexibility index (Phi) is 20.0. The van der Waals surface area contributed by atoms with Crippen LogP contribution in [0, 0.1) is 0 Å². The molecule has 3 nitrogen and oxygen atoms in total. The number of furan rings is 3. The Hall–Kier alpha value is -19.3. The molecule has 682 valence electrons. The Bertz CT molecular complexity index is 10700. The Morgan fingerprint density at radius 1 is 0.0884 bits per heavy atom. The molecule has 31 aromatic rings. The highest BCUT2D eigenvalue weighted by Gasteiger charge is 2.26. The smallest absolute Gasteiger partial charge is 0.135 e. The molecule has 0 spiro atoms. The zero-order chi connectivity index (χ0) is 96.7. The number of fused-ring (bicyclic) bond motifs is 22. The molecule has 3 aromatic heterocycles. The van der Waals surface area contributed by atoms with Crippen LogP contribution < -0.4 is 0 Å². The summed E-state index contributed by atoms with van der Waals surface area (Å²) in [6, 6.07) is 194. The van der Waals surface area contributed by atoms with E-state index in [2.05, 4.69) is 497 Å². The van der Waals surface area contributed by atoms with Gasteiger partial charge >= 0.3 is 0 Å². The van der Waals surface area contributed by atoms with Gasteiger partial charge in [0.25, 0.3) is 0 Å². The first kappa shape index (κ1) is 84.5. The van der Waals surface area contributed by atoms with E-state index in [1.807, 2.05) is 36.4 Å². The van der Waals surface area contributed by atoms with E-state index in [0.29, 0.717) is 0 Å². The zero-order valence-electron chi connectivity index (χ0n) is 80.0. The van der Waals surface area contributed by atoms with Crippen LogP contribution in [0.15, 0.2) is 547 Å². The lowest BCUT2D eigenvalue weighted by atomic mass is 9.84. The summed E-state index contributed by atoms with van der Waals surface area (Å²) in [5, 5.41) is 36.9. The third kappa shape index (κ3) is 14.3. The molecule has 3 heteroatoms. The molecule has 0 atom stereocenters. The van der Waals surface area contributed by atoms with Gasteiger partial charge < -0.3 is 13.3 Å². The maximum Gasteiger partial charge on any atom is 0.135 e. The maximum absolute atomic E-state index is 6.24. The van der Waals surface area contributed by atoms with E-state index in [1.165, 1.54) is 241 Å². The summed E-state index contributed by atoms with van der Waals surface area (Å²) in [5.41, 5.74) is 30.1. The summed E-state index contributed by atoms with van der Waals surface area (Å²) < 4.78 is 18.6. The van der Waals surface area contributed by atoms with E-state index in [9.17, 15) is 0 Å². The molecule has 0 saturated heterocycles. The van der Waals surface area contributed by atoms with Gasteiger partial charge in [-0.15, -0.1) is 0 Å². The number of para-hydroxylation sites is 3. The van der Waals surface area contributed by atoms with Gasteiger partial charge in [0, 0.05) is 32.3 Å². The van der Waals surface area contributed by atoms with Gasteiger partial charge in [-0.1, -0.05) is 425 Å². The first-order chi connectivity index (χ1) is 72.9. The lowest BCUT2D eigenvalue weighted by Gasteiger charge is -2.19. The number of hydrogen-bond acceptors (Lipinski definition) is 3. The quantitative estimate of drug-likeness (QED) is 0.101. The van der Waals surface area contributed by atoms with Crippen LogP contribution in [-0.4, -0.2) is 0 Å². The van der Waals surface area contributed by atoms with E-state index in [-0.39, 0.29) is 0 Å². The summed E-state index contributed by atoms with van der Waals surface area (Å²) in [6.45, 7) is 0. The Morgan fingerprint density at radius 3 is 0.680 bits per heavy atom. The highest BCUT2D eigenvalue weighted by Crippen LogP contribution is 2.53. The molecule has 0 fully saturated rings. The minimum Gasteiger partial charge on any atom is -0.456 e. The average Bonchev–Trinajstić information content (AvgIpc) is 1.32. The molecule has 31 rings (SSSR count). The molecule has 28 aromatic carbocycles. The third-order valence-electron chi connectivity index (χ3n) is 30.6. The second-order valence-corrected chi connectivity index (χ2v) is 38.9. The van der Waals surface area contributed by atoms with Gasteiger partial charge in [-0.3, -0.25) is 0 Å². The van der Waals surface area contributed by atoms with E-state index in [0.717, 1.165) is 65.8 Å². The van der Waals surface area contributed by atoms with Crippen LogP contribution in [-0.2, 0) is 0 Å². The molecule has 0 bridgehead atoms. The molecular weight excluding hydrogens is 1780 g/mol. The Morgan fingerprint density at radius 2 is 0.313 bits per heavy atom. The van der Waals surface area contributed by atoms with E-state index >= 15 is 0 Å². The van der Waals surface area contributed by atoms with Gasteiger partial charge in [0.05, 0.1) is 0 Å². The molecule has 0 aliphatic heterocycles. The fourth-order valence-corrected chi connectivity index (χ4v) is 24.1. The molecule has 0 saturated carbocycles. The van der Waals surface area contributed by atoms with Crippen molar-refractivity contribution in [2.24, 2.45) is 0 Å². The van der Waals surface area contributed by atoms with Crippen LogP contribution in [0.25, 0.3) is 306 Å². The fraction of sp³-hybridized carbons (Fsp3) is 0.